The molecule has 10 heteroatoms. The number of phenolic OH excluding ortho intramolecular Hbond substituents is 1. The van der Waals surface area contributed by atoms with E-state index in [1.807, 2.05) is 30.3 Å². The summed E-state index contributed by atoms with van der Waals surface area (Å²) in [5.41, 5.74) is 7.38. The van der Waals surface area contributed by atoms with Crippen molar-refractivity contribution in [3.05, 3.63) is 118 Å². The molecule has 0 spiro atoms. The number of rotatable bonds is 7. The average molecular weight is 742 g/mol. The van der Waals surface area contributed by atoms with Crippen molar-refractivity contribution in [1.82, 2.24) is 14.8 Å². The lowest BCUT2D eigenvalue weighted by Crippen LogP contribution is -2.49. The molecule has 3 atom stereocenters. The number of anilines is 2. The number of carbonyl (C=O) groups is 3. The Morgan fingerprint density at radius 2 is 1.49 bits per heavy atom. The van der Waals surface area contributed by atoms with E-state index in [1.54, 1.807) is 23.1 Å². The fraction of sp³-hybridized carbons (Fsp3) is 0.422. The number of pyridine rings is 1. The predicted octanol–water partition coefficient (Wildman–Crippen LogP) is 6.47. The van der Waals surface area contributed by atoms with Crippen LogP contribution in [-0.2, 0) is 22.6 Å². The molecule has 5 aliphatic rings. The Morgan fingerprint density at radius 1 is 0.745 bits per heavy atom. The molecule has 4 aromatic rings. The molecule has 3 fully saturated rings. The van der Waals surface area contributed by atoms with Crippen molar-refractivity contribution >= 4 is 29.0 Å². The van der Waals surface area contributed by atoms with Gasteiger partial charge in [-0.2, -0.15) is 0 Å². The van der Waals surface area contributed by atoms with Crippen molar-refractivity contribution in [2.45, 2.75) is 69.4 Å². The second kappa shape index (κ2) is 14.9. The summed E-state index contributed by atoms with van der Waals surface area (Å²) in [6, 6.07) is 25.1. The number of aromatic nitrogens is 1. The van der Waals surface area contributed by atoms with Crippen LogP contribution in [0, 0.1) is 11.7 Å². The summed E-state index contributed by atoms with van der Waals surface area (Å²) in [4.78, 5) is 51.3. The monoisotopic (exact) mass is 741 g/mol. The smallest absolute Gasteiger partial charge is 0.256 e. The highest BCUT2D eigenvalue weighted by Crippen LogP contribution is 2.47. The van der Waals surface area contributed by atoms with E-state index in [1.165, 1.54) is 22.4 Å². The normalized spacial score (nSPS) is 23.6. The van der Waals surface area contributed by atoms with Gasteiger partial charge in [-0.25, -0.2) is 9.37 Å². The van der Waals surface area contributed by atoms with Gasteiger partial charge < -0.3 is 19.8 Å². The molecule has 4 heterocycles. The van der Waals surface area contributed by atoms with Crippen molar-refractivity contribution < 1.29 is 23.9 Å². The quantitative estimate of drug-likeness (QED) is 0.216. The minimum atomic E-state index is -0.524. The average Bonchev–Trinajstić information content (AvgIpc) is 3.53. The van der Waals surface area contributed by atoms with Crippen molar-refractivity contribution in [2.24, 2.45) is 5.92 Å². The van der Waals surface area contributed by atoms with Gasteiger partial charge in [-0.1, -0.05) is 30.3 Å². The number of piperidine rings is 1. The topological polar surface area (TPSA) is 97.3 Å². The van der Waals surface area contributed by atoms with Crippen LogP contribution in [0.2, 0.25) is 0 Å². The lowest BCUT2D eigenvalue weighted by atomic mass is 9.69. The number of carbonyl (C=O) groups excluding carboxylic acids is 3. The Balaban J connectivity index is 0.783. The molecule has 2 aliphatic carbocycles. The number of nitrogens with zero attached hydrogens (tertiary/aromatic N) is 5. The molecule has 284 valence electrons. The van der Waals surface area contributed by atoms with E-state index in [0.717, 1.165) is 88.6 Å². The molecular weight excluding hydrogens is 694 g/mol. The molecule has 1 aromatic heterocycles. The summed E-state index contributed by atoms with van der Waals surface area (Å²) in [5, 5.41) is 10.2. The number of hydrogen-bond acceptors (Lipinski definition) is 8. The maximum absolute atomic E-state index is 13.8. The molecule has 1 unspecified atom stereocenters. The first-order valence-electron chi connectivity index (χ1n) is 20.0. The molecule has 9 nitrogen and oxygen atoms in total. The molecule has 1 saturated carbocycles. The van der Waals surface area contributed by atoms with Gasteiger partial charge in [-0.05, 0) is 115 Å². The number of fused-ring (bicyclic) bond motifs is 2. The van der Waals surface area contributed by atoms with Crippen LogP contribution in [0.1, 0.15) is 88.7 Å². The maximum atomic E-state index is 13.8. The van der Waals surface area contributed by atoms with Crippen molar-refractivity contribution in [3.63, 3.8) is 0 Å². The van der Waals surface area contributed by atoms with Gasteiger partial charge >= 0.3 is 0 Å². The number of phenols is 1. The Bertz CT molecular complexity index is 2090. The van der Waals surface area contributed by atoms with Crippen LogP contribution in [0.3, 0.4) is 0 Å². The molecule has 9 rings (SSSR count). The minimum Gasteiger partial charge on any atom is -0.508 e. The van der Waals surface area contributed by atoms with Crippen molar-refractivity contribution in [3.8, 4) is 5.75 Å². The third kappa shape index (κ3) is 7.12. The zero-order valence-electron chi connectivity index (χ0n) is 31.2. The van der Waals surface area contributed by atoms with Crippen LogP contribution in [0.15, 0.2) is 78.9 Å². The zero-order chi connectivity index (χ0) is 37.6. The molecular formula is C45H48FN5O4. The van der Waals surface area contributed by atoms with Crippen LogP contribution < -0.4 is 9.80 Å². The summed E-state index contributed by atoms with van der Waals surface area (Å²) in [6.07, 6.45) is 4.82. The Hall–Kier alpha value is -5.09. The molecule has 3 aromatic carbocycles. The van der Waals surface area contributed by atoms with E-state index < -0.39 is 6.04 Å². The molecule has 1 amide bonds. The lowest BCUT2D eigenvalue weighted by molar-refractivity contribution is -0.133. The second-order valence-electron chi connectivity index (χ2n) is 16.2. The summed E-state index contributed by atoms with van der Waals surface area (Å²) in [7, 11) is 0. The summed E-state index contributed by atoms with van der Waals surface area (Å²) >= 11 is 0. The van der Waals surface area contributed by atoms with Crippen LogP contribution in [0.4, 0.5) is 15.9 Å². The highest BCUT2D eigenvalue weighted by molar-refractivity contribution is 6.07. The van der Waals surface area contributed by atoms with Crippen LogP contribution in [-0.4, -0.2) is 89.2 Å². The molecule has 0 radical (unpaired) electrons. The maximum Gasteiger partial charge on any atom is 0.256 e. The third-order valence-electron chi connectivity index (χ3n) is 12.9. The van der Waals surface area contributed by atoms with Crippen LogP contribution in [0.25, 0.3) is 0 Å². The van der Waals surface area contributed by atoms with Gasteiger partial charge in [0.25, 0.3) is 5.91 Å². The van der Waals surface area contributed by atoms with E-state index in [2.05, 4.69) is 45.0 Å². The Kier molecular flexibility index (Phi) is 9.62. The second-order valence-corrected chi connectivity index (χ2v) is 16.2. The number of Topliss-reactive ketones (excluding diaryl/α,β-unsaturated/α-hetero) is 2. The highest BCUT2D eigenvalue weighted by Gasteiger charge is 2.40. The van der Waals surface area contributed by atoms with E-state index in [4.69, 9.17) is 4.98 Å². The van der Waals surface area contributed by atoms with Crippen LogP contribution in [0.5, 0.6) is 5.75 Å². The van der Waals surface area contributed by atoms with Gasteiger partial charge in [0.2, 0.25) is 0 Å². The summed E-state index contributed by atoms with van der Waals surface area (Å²) < 4.78 is 13.8. The number of benzene rings is 3. The zero-order valence-corrected chi connectivity index (χ0v) is 31.2. The number of piperazine rings is 1. The number of hydrogen-bond donors (Lipinski definition) is 1. The predicted molar refractivity (Wildman–Crippen MR) is 209 cm³/mol. The minimum absolute atomic E-state index is 0.0394. The molecule has 0 bridgehead atoms. The van der Waals surface area contributed by atoms with E-state index in [9.17, 15) is 23.9 Å². The van der Waals surface area contributed by atoms with E-state index in [-0.39, 0.29) is 41.5 Å². The molecule has 2 saturated heterocycles. The fourth-order valence-corrected chi connectivity index (χ4v) is 9.89. The number of amides is 1. The summed E-state index contributed by atoms with van der Waals surface area (Å²) in [5.74, 6) is 1.64. The van der Waals surface area contributed by atoms with E-state index >= 15 is 0 Å². The Labute approximate surface area is 321 Å². The standard InChI is InChI=1S/C45H48FN5O4/c46-33-6-1-30(2-7-33)37-12-5-32-25-35(52)10-13-38(32)44(37)31-3-8-34(9-4-31)49-19-17-29(18-20-49)27-48-21-23-50(24-22-48)43-16-14-39-40(47-43)28-51(45(39)55)41-15-11-36(53)26-42(41)54/h1-4,6-10,13-14,16,25,29,37,41,44,52H,5,11-12,15,17-24,26-28H2/t37-,41?,44+/m1/s1. The summed E-state index contributed by atoms with van der Waals surface area (Å²) in [6.45, 7) is 7.20. The highest BCUT2D eigenvalue weighted by atomic mass is 19.1. The first kappa shape index (κ1) is 35.6. The van der Waals surface area contributed by atoms with E-state index in [0.29, 0.717) is 36.6 Å². The molecule has 3 aliphatic heterocycles. The van der Waals surface area contributed by atoms with Crippen LogP contribution >= 0.6 is 0 Å². The first-order chi connectivity index (χ1) is 26.8. The number of aryl methyl sites for hydroxylation is 1. The van der Waals surface area contributed by atoms with Gasteiger partial charge in [-0.3, -0.25) is 19.3 Å². The van der Waals surface area contributed by atoms with Gasteiger partial charge in [0.05, 0.1) is 30.3 Å². The van der Waals surface area contributed by atoms with Gasteiger partial charge in [0, 0.05) is 63.8 Å². The van der Waals surface area contributed by atoms with Crippen molar-refractivity contribution in [1.29, 1.82) is 0 Å². The largest absolute Gasteiger partial charge is 0.508 e. The molecule has 1 N–H and O–H groups in total. The van der Waals surface area contributed by atoms with Gasteiger partial charge in [-0.15, -0.1) is 0 Å². The van der Waals surface area contributed by atoms with Gasteiger partial charge in [0.1, 0.15) is 23.2 Å². The van der Waals surface area contributed by atoms with Crippen molar-refractivity contribution in [2.75, 3.05) is 55.6 Å². The number of ketones is 2. The fourth-order valence-electron chi connectivity index (χ4n) is 9.89. The Morgan fingerprint density at radius 3 is 2.24 bits per heavy atom. The number of aromatic hydroxyl groups is 1. The lowest BCUT2D eigenvalue weighted by Gasteiger charge is -2.40. The first-order valence-corrected chi connectivity index (χ1v) is 20.0. The number of halogens is 1. The third-order valence-corrected chi connectivity index (χ3v) is 12.9. The SMILES string of the molecule is O=C1CCC(N2Cc3nc(N4CCN(CC5CCN(c6ccc([C@@H]7c8ccc(O)cc8CC[C@@H]7c7ccc(F)cc7)cc6)CC5)CC4)ccc3C2=O)C(=O)C1. The molecule has 55 heavy (non-hydrogen) atoms. The van der Waals surface area contributed by atoms with Gasteiger partial charge in [0.15, 0.2) is 5.78 Å².